The van der Waals surface area contributed by atoms with E-state index in [9.17, 15) is 4.79 Å². The Kier molecular flexibility index (Phi) is 6.30. The van der Waals surface area contributed by atoms with Crippen LogP contribution in [-0.2, 0) is 4.74 Å². The van der Waals surface area contributed by atoms with Gasteiger partial charge in [0.1, 0.15) is 5.60 Å². The van der Waals surface area contributed by atoms with Gasteiger partial charge in [-0.2, -0.15) is 0 Å². The summed E-state index contributed by atoms with van der Waals surface area (Å²) in [5, 5.41) is 3.90. The fourth-order valence-corrected chi connectivity index (χ4v) is 5.18. The van der Waals surface area contributed by atoms with Crippen molar-refractivity contribution in [3.8, 4) is 0 Å². The molecule has 25 heavy (non-hydrogen) atoms. The van der Waals surface area contributed by atoms with Gasteiger partial charge in [-0.25, -0.2) is 4.79 Å². The highest BCUT2D eigenvalue weighted by Crippen LogP contribution is 2.36. The molecule has 3 atom stereocenters. The van der Waals surface area contributed by atoms with Gasteiger partial charge in [0.15, 0.2) is 0 Å². The van der Waals surface area contributed by atoms with Crippen LogP contribution < -0.4 is 5.32 Å². The Labute approximate surface area is 154 Å². The fraction of sp³-hybridized carbons (Fsp3) is 0.952. The van der Waals surface area contributed by atoms with Gasteiger partial charge in [0, 0.05) is 18.6 Å². The van der Waals surface area contributed by atoms with Crippen LogP contribution in [-0.4, -0.2) is 41.8 Å². The predicted molar refractivity (Wildman–Crippen MR) is 102 cm³/mol. The van der Waals surface area contributed by atoms with E-state index < -0.39 is 5.60 Å². The zero-order valence-corrected chi connectivity index (χ0v) is 16.6. The number of likely N-dealkylation sites (tertiary alicyclic amines) is 1. The first-order valence-electron chi connectivity index (χ1n) is 10.7. The lowest BCUT2D eigenvalue weighted by atomic mass is 9.86. The largest absolute Gasteiger partial charge is 0.444 e. The highest BCUT2D eigenvalue weighted by atomic mass is 16.6. The summed E-state index contributed by atoms with van der Waals surface area (Å²) in [6, 6.07) is 0.959. The molecule has 3 fully saturated rings. The second-order valence-corrected chi connectivity index (χ2v) is 9.50. The molecule has 0 aromatic rings. The van der Waals surface area contributed by atoms with Crippen molar-refractivity contribution in [3.05, 3.63) is 0 Å². The molecular formula is C21H38N2O2. The van der Waals surface area contributed by atoms with Crippen LogP contribution in [0.1, 0.15) is 85.0 Å². The molecule has 1 N–H and O–H groups in total. The molecule has 3 unspecified atom stereocenters. The van der Waals surface area contributed by atoms with E-state index >= 15 is 0 Å². The van der Waals surface area contributed by atoms with Crippen molar-refractivity contribution < 1.29 is 9.53 Å². The molecule has 0 aromatic carbocycles. The summed E-state index contributed by atoms with van der Waals surface area (Å²) < 4.78 is 5.71. The van der Waals surface area contributed by atoms with E-state index in [1.807, 2.05) is 20.8 Å². The van der Waals surface area contributed by atoms with E-state index in [4.69, 9.17) is 4.74 Å². The number of nitrogens with one attached hydrogen (secondary N) is 1. The SMILES string of the molecule is CC(C)(C)OC(=O)N1CCCCC1C1CCCC1NCC1CCCC1. The number of nitrogens with zero attached hydrogens (tertiary/aromatic N) is 1. The van der Waals surface area contributed by atoms with E-state index in [1.165, 1.54) is 57.9 Å². The molecule has 4 heteroatoms. The third-order valence-electron chi connectivity index (χ3n) is 6.38. The summed E-state index contributed by atoms with van der Waals surface area (Å²) in [6.45, 7) is 7.94. The maximum absolute atomic E-state index is 12.7. The van der Waals surface area contributed by atoms with Crippen LogP contribution in [0.2, 0.25) is 0 Å². The summed E-state index contributed by atoms with van der Waals surface area (Å²) >= 11 is 0. The summed E-state index contributed by atoms with van der Waals surface area (Å²) in [4.78, 5) is 14.8. The Hall–Kier alpha value is -0.770. The van der Waals surface area contributed by atoms with Crippen molar-refractivity contribution in [2.45, 2.75) is 103 Å². The monoisotopic (exact) mass is 350 g/mol. The average molecular weight is 351 g/mol. The third kappa shape index (κ3) is 5.12. The molecule has 144 valence electrons. The molecule has 1 heterocycles. The zero-order chi connectivity index (χ0) is 17.9. The van der Waals surface area contributed by atoms with E-state index in [0.717, 1.165) is 25.3 Å². The lowest BCUT2D eigenvalue weighted by Gasteiger charge is -2.41. The molecule has 0 bridgehead atoms. The first-order chi connectivity index (χ1) is 11.9. The van der Waals surface area contributed by atoms with Crippen LogP contribution in [0.25, 0.3) is 0 Å². The Morgan fingerprint density at radius 3 is 2.44 bits per heavy atom. The molecule has 4 nitrogen and oxygen atoms in total. The standard InChI is InChI=1S/C21H38N2O2/c1-21(2,3)25-20(24)23-14-7-6-13-19(23)17-11-8-12-18(17)22-15-16-9-4-5-10-16/h16-19,22H,4-15H2,1-3H3. The lowest BCUT2D eigenvalue weighted by molar-refractivity contribution is -0.000173. The van der Waals surface area contributed by atoms with Crippen LogP contribution in [0.5, 0.6) is 0 Å². The number of rotatable bonds is 4. The minimum Gasteiger partial charge on any atom is -0.444 e. The molecule has 1 saturated heterocycles. The van der Waals surface area contributed by atoms with Crippen LogP contribution in [0.15, 0.2) is 0 Å². The van der Waals surface area contributed by atoms with Crippen molar-refractivity contribution in [1.29, 1.82) is 0 Å². The first-order valence-corrected chi connectivity index (χ1v) is 10.7. The topological polar surface area (TPSA) is 41.6 Å². The van der Waals surface area contributed by atoms with Gasteiger partial charge in [0.25, 0.3) is 0 Å². The summed E-state index contributed by atoms with van der Waals surface area (Å²) in [6.07, 6.45) is 12.9. The Balaban J connectivity index is 1.60. The Morgan fingerprint density at radius 2 is 1.72 bits per heavy atom. The fourth-order valence-electron chi connectivity index (χ4n) is 5.18. The zero-order valence-electron chi connectivity index (χ0n) is 16.6. The van der Waals surface area contributed by atoms with Crippen molar-refractivity contribution >= 4 is 6.09 Å². The maximum Gasteiger partial charge on any atom is 0.410 e. The van der Waals surface area contributed by atoms with Crippen LogP contribution in [0, 0.1) is 11.8 Å². The van der Waals surface area contributed by atoms with Crippen LogP contribution >= 0.6 is 0 Å². The third-order valence-corrected chi connectivity index (χ3v) is 6.38. The molecule has 0 radical (unpaired) electrons. The average Bonchev–Trinajstić information content (AvgIpc) is 3.22. The van der Waals surface area contributed by atoms with Gasteiger partial charge in [-0.05, 0) is 84.1 Å². The number of amides is 1. The molecule has 2 aliphatic carbocycles. The van der Waals surface area contributed by atoms with Crippen molar-refractivity contribution in [2.75, 3.05) is 13.1 Å². The van der Waals surface area contributed by atoms with Crippen LogP contribution in [0.4, 0.5) is 4.79 Å². The minimum absolute atomic E-state index is 0.0985. The normalized spacial score (nSPS) is 31.5. The van der Waals surface area contributed by atoms with Gasteiger partial charge >= 0.3 is 6.09 Å². The van der Waals surface area contributed by atoms with Crippen molar-refractivity contribution in [1.82, 2.24) is 10.2 Å². The highest BCUT2D eigenvalue weighted by Gasteiger charge is 2.40. The number of hydrogen-bond acceptors (Lipinski definition) is 3. The van der Waals surface area contributed by atoms with Gasteiger partial charge in [-0.3, -0.25) is 0 Å². The van der Waals surface area contributed by atoms with E-state index in [1.54, 1.807) is 0 Å². The van der Waals surface area contributed by atoms with Gasteiger partial charge in [0.2, 0.25) is 0 Å². The molecule has 0 aromatic heterocycles. The molecule has 3 aliphatic rings. The van der Waals surface area contributed by atoms with Gasteiger partial charge in [-0.15, -0.1) is 0 Å². The molecule has 2 saturated carbocycles. The Morgan fingerprint density at radius 1 is 1.00 bits per heavy atom. The molecule has 1 amide bonds. The smallest absolute Gasteiger partial charge is 0.410 e. The summed E-state index contributed by atoms with van der Waals surface area (Å²) in [5.41, 5.74) is -0.408. The lowest BCUT2D eigenvalue weighted by Crippen LogP contribution is -2.53. The van der Waals surface area contributed by atoms with E-state index in [0.29, 0.717) is 18.0 Å². The highest BCUT2D eigenvalue weighted by molar-refractivity contribution is 5.68. The first kappa shape index (κ1) is 19.0. The Bertz CT molecular complexity index is 440. The van der Waals surface area contributed by atoms with Crippen molar-refractivity contribution in [2.24, 2.45) is 11.8 Å². The number of hydrogen-bond donors (Lipinski definition) is 1. The summed E-state index contributed by atoms with van der Waals surface area (Å²) in [5.74, 6) is 1.49. The van der Waals surface area contributed by atoms with Gasteiger partial charge in [0.05, 0.1) is 0 Å². The maximum atomic E-state index is 12.7. The van der Waals surface area contributed by atoms with E-state index in [2.05, 4.69) is 10.2 Å². The number of carbonyl (C=O) groups is 1. The van der Waals surface area contributed by atoms with E-state index in [-0.39, 0.29) is 6.09 Å². The number of carbonyl (C=O) groups excluding carboxylic acids is 1. The molecular weight excluding hydrogens is 312 g/mol. The number of piperidine rings is 1. The minimum atomic E-state index is -0.408. The second kappa shape index (κ2) is 8.28. The van der Waals surface area contributed by atoms with Crippen molar-refractivity contribution in [3.63, 3.8) is 0 Å². The molecule has 0 spiro atoms. The van der Waals surface area contributed by atoms with Crippen LogP contribution in [0.3, 0.4) is 0 Å². The predicted octanol–water partition coefficient (Wildman–Crippen LogP) is 4.72. The summed E-state index contributed by atoms with van der Waals surface area (Å²) in [7, 11) is 0. The van der Waals surface area contributed by atoms with Gasteiger partial charge in [-0.1, -0.05) is 19.3 Å². The molecule has 1 aliphatic heterocycles. The second-order valence-electron chi connectivity index (χ2n) is 9.50. The molecule has 3 rings (SSSR count). The quantitative estimate of drug-likeness (QED) is 0.797. The van der Waals surface area contributed by atoms with Gasteiger partial charge < -0.3 is 15.0 Å². The number of ether oxygens (including phenoxy) is 1.